The van der Waals surface area contributed by atoms with Crippen molar-refractivity contribution in [1.82, 2.24) is 5.32 Å². The number of amides is 1. The summed E-state index contributed by atoms with van der Waals surface area (Å²) in [5.41, 5.74) is 0. The van der Waals surface area contributed by atoms with Gasteiger partial charge >= 0.3 is 26.8 Å². The summed E-state index contributed by atoms with van der Waals surface area (Å²) in [6, 6.07) is -1.72. The highest BCUT2D eigenvalue weighted by atomic mass is 32.3. The molecule has 0 unspecified atom stereocenters. The molecule has 0 aromatic heterocycles. The SMILES string of the molecule is CC(=O)N[C@@H]1[C@@H](O[C@@H]2O[C@H](C(=O)O)[C@@H](O)[C@H](O)[C@H]2OS(=O)(=O)O)[C@@H](O)[C@@H](COS(=O)(=O)O)O[C@H]1O. The second-order valence-electron chi connectivity index (χ2n) is 7.33. The first-order valence-corrected chi connectivity index (χ1v) is 12.1. The minimum Gasteiger partial charge on any atom is -0.479 e. The van der Waals surface area contributed by atoms with Crippen molar-refractivity contribution in [2.75, 3.05) is 6.61 Å². The third kappa shape index (κ3) is 7.94. The van der Waals surface area contributed by atoms with E-state index in [0.29, 0.717) is 0 Å². The summed E-state index contributed by atoms with van der Waals surface area (Å²) in [4.78, 5) is 22.9. The fraction of sp³-hybridized carbons (Fsp3) is 0.857. The van der Waals surface area contributed by atoms with E-state index in [-0.39, 0.29) is 0 Å². The van der Waals surface area contributed by atoms with E-state index < -0.39 is 101 Å². The van der Waals surface area contributed by atoms with E-state index in [0.717, 1.165) is 6.92 Å². The quantitative estimate of drug-likeness (QED) is 0.123. The number of nitrogens with one attached hydrogen (secondary N) is 1. The van der Waals surface area contributed by atoms with Crippen LogP contribution < -0.4 is 5.32 Å². The minimum atomic E-state index is -5.38. The molecule has 19 nitrogen and oxygen atoms in total. The van der Waals surface area contributed by atoms with Gasteiger partial charge in [0.15, 0.2) is 24.8 Å². The van der Waals surface area contributed by atoms with E-state index in [1.807, 2.05) is 0 Å². The summed E-state index contributed by atoms with van der Waals surface area (Å²) in [5, 5.41) is 52.3. The molecule has 1 amide bonds. The largest absolute Gasteiger partial charge is 0.479 e. The van der Waals surface area contributed by atoms with Crippen molar-refractivity contribution >= 4 is 32.7 Å². The maximum Gasteiger partial charge on any atom is 0.397 e. The van der Waals surface area contributed by atoms with Gasteiger partial charge in [-0.15, -0.1) is 0 Å². The number of ether oxygens (including phenoxy) is 3. The van der Waals surface area contributed by atoms with Gasteiger partial charge in [0.2, 0.25) is 5.91 Å². The number of carboxylic acid groups (broad SMARTS) is 1. The van der Waals surface area contributed by atoms with Gasteiger partial charge in [-0.3, -0.25) is 13.9 Å². The zero-order chi connectivity index (χ0) is 26.9. The molecule has 0 radical (unpaired) electrons. The van der Waals surface area contributed by atoms with Crippen LogP contribution in [0.25, 0.3) is 0 Å². The van der Waals surface area contributed by atoms with Crippen LogP contribution in [0.1, 0.15) is 6.92 Å². The minimum absolute atomic E-state index is 0.833. The van der Waals surface area contributed by atoms with Crippen molar-refractivity contribution in [1.29, 1.82) is 0 Å². The number of rotatable bonds is 9. The Kier molecular flexibility index (Phi) is 9.48. The Bertz CT molecular complexity index is 985. The standard InChI is InChI=1S/C14H23NO18S2/c1-3(16)15-5-9(6(17)4(30-13(5)22)2-29-34(23,24)25)31-14-11(33-35(26,27)28)8(19)7(18)10(32-14)12(20)21/h4-11,13-14,17-19,22H,2H2,1H3,(H,15,16)(H,20,21)(H,23,24,25)(H,26,27,28)/t4-,5-,6+,7+,8+,9-,10+,11-,13-,14-/m1/s1. The first-order valence-electron chi connectivity index (χ1n) is 9.37. The number of hydrogen-bond acceptors (Lipinski definition) is 15. The van der Waals surface area contributed by atoms with E-state index in [4.69, 9.17) is 23.3 Å². The van der Waals surface area contributed by atoms with Crippen molar-refractivity contribution in [3.05, 3.63) is 0 Å². The molecule has 2 saturated heterocycles. The highest BCUT2D eigenvalue weighted by molar-refractivity contribution is 7.81. The fourth-order valence-electron chi connectivity index (χ4n) is 3.32. The van der Waals surface area contributed by atoms with E-state index in [1.165, 1.54) is 0 Å². The molecule has 2 aliphatic rings. The van der Waals surface area contributed by atoms with Crippen LogP contribution in [-0.2, 0) is 53.0 Å². The van der Waals surface area contributed by atoms with E-state index in [1.54, 1.807) is 0 Å². The lowest BCUT2D eigenvalue weighted by atomic mass is 9.95. The van der Waals surface area contributed by atoms with Gasteiger partial charge in [-0.05, 0) is 0 Å². The molecule has 2 heterocycles. The van der Waals surface area contributed by atoms with E-state index >= 15 is 0 Å². The summed E-state index contributed by atoms with van der Waals surface area (Å²) < 4.78 is 85.3. The molecule has 0 aromatic rings. The predicted octanol–water partition coefficient (Wildman–Crippen LogP) is -5.51. The van der Waals surface area contributed by atoms with Crippen LogP contribution in [0.5, 0.6) is 0 Å². The van der Waals surface area contributed by atoms with Crippen LogP contribution in [0, 0.1) is 0 Å². The summed E-state index contributed by atoms with van der Waals surface area (Å²) in [7, 11) is -10.4. The maximum absolute atomic E-state index is 11.6. The molecule has 204 valence electrons. The van der Waals surface area contributed by atoms with Gasteiger partial charge in [0.1, 0.15) is 36.6 Å². The number of carbonyl (C=O) groups excluding carboxylic acids is 1. The number of aliphatic hydroxyl groups is 4. The van der Waals surface area contributed by atoms with Crippen LogP contribution in [0.15, 0.2) is 0 Å². The van der Waals surface area contributed by atoms with Crippen LogP contribution in [0.3, 0.4) is 0 Å². The Morgan fingerprint density at radius 1 is 0.914 bits per heavy atom. The lowest BCUT2D eigenvalue weighted by Crippen LogP contribution is -2.68. The van der Waals surface area contributed by atoms with Crippen LogP contribution in [-0.4, -0.2) is 131 Å². The molecule has 0 aliphatic carbocycles. The predicted molar refractivity (Wildman–Crippen MR) is 102 cm³/mol. The summed E-state index contributed by atoms with van der Waals surface area (Å²) >= 11 is 0. The highest BCUT2D eigenvalue weighted by Gasteiger charge is 2.54. The third-order valence-corrected chi connectivity index (χ3v) is 5.66. The van der Waals surface area contributed by atoms with Crippen molar-refractivity contribution in [2.24, 2.45) is 0 Å². The molecule has 2 rings (SSSR count). The van der Waals surface area contributed by atoms with Crippen LogP contribution in [0.2, 0.25) is 0 Å². The average Bonchev–Trinajstić information content (AvgIpc) is 2.69. The monoisotopic (exact) mass is 557 g/mol. The van der Waals surface area contributed by atoms with Gasteiger partial charge in [-0.25, -0.2) is 13.2 Å². The van der Waals surface area contributed by atoms with Crippen LogP contribution in [0.4, 0.5) is 0 Å². The van der Waals surface area contributed by atoms with Gasteiger partial charge in [-0.2, -0.15) is 16.8 Å². The number of hydrogen-bond donors (Lipinski definition) is 8. The van der Waals surface area contributed by atoms with E-state index in [2.05, 4.69) is 13.7 Å². The molecular formula is C14H23NO18S2. The van der Waals surface area contributed by atoms with Crippen molar-refractivity contribution < 1.29 is 83.6 Å². The molecule has 0 saturated carbocycles. The smallest absolute Gasteiger partial charge is 0.397 e. The van der Waals surface area contributed by atoms with Gasteiger partial charge in [0, 0.05) is 6.92 Å². The molecule has 8 N–H and O–H groups in total. The molecule has 2 fully saturated rings. The lowest BCUT2D eigenvalue weighted by Gasteiger charge is -2.46. The number of aliphatic hydroxyl groups excluding tert-OH is 4. The summed E-state index contributed by atoms with van der Waals surface area (Å²) in [5.74, 6) is -2.69. The van der Waals surface area contributed by atoms with Gasteiger partial charge in [-0.1, -0.05) is 0 Å². The summed E-state index contributed by atoms with van der Waals surface area (Å²) in [6.07, 6.45) is -19.5. The molecular weight excluding hydrogens is 534 g/mol. The first kappa shape index (κ1) is 29.6. The zero-order valence-electron chi connectivity index (χ0n) is 17.4. The Morgan fingerprint density at radius 3 is 2.00 bits per heavy atom. The maximum atomic E-state index is 11.6. The Balaban J connectivity index is 2.42. The Hall–Kier alpha value is -1.60. The number of carboxylic acids is 1. The molecule has 0 aromatic carbocycles. The number of carbonyl (C=O) groups is 2. The van der Waals surface area contributed by atoms with Crippen molar-refractivity contribution in [2.45, 2.75) is 68.3 Å². The molecule has 0 spiro atoms. The number of aliphatic carboxylic acids is 1. The topological polar surface area (TPSA) is 302 Å². The molecule has 10 atom stereocenters. The second kappa shape index (κ2) is 11.2. The summed E-state index contributed by atoms with van der Waals surface area (Å²) in [6.45, 7) is -0.148. The van der Waals surface area contributed by atoms with Gasteiger partial charge in [0.25, 0.3) is 0 Å². The third-order valence-electron chi connectivity index (χ3n) is 4.76. The van der Waals surface area contributed by atoms with Crippen LogP contribution >= 0.6 is 0 Å². The zero-order valence-corrected chi connectivity index (χ0v) is 19.1. The lowest BCUT2D eigenvalue weighted by molar-refractivity contribution is -0.333. The fourth-order valence-corrected chi connectivity index (χ4v) is 4.11. The van der Waals surface area contributed by atoms with Crippen molar-refractivity contribution in [3.63, 3.8) is 0 Å². The molecule has 35 heavy (non-hydrogen) atoms. The normalized spacial score (nSPS) is 38.6. The molecule has 2 aliphatic heterocycles. The Labute approximate surface area is 197 Å². The van der Waals surface area contributed by atoms with Gasteiger partial charge in [0.05, 0.1) is 6.61 Å². The molecule has 21 heteroatoms. The van der Waals surface area contributed by atoms with E-state index in [9.17, 15) is 52.0 Å². The average molecular weight is 557 g/mol. The molecule has 0 bridgehead atoms. The van der Waals surface area contributed by atoms with Crippen molar-refractivity contribution in [3.8, 4) is 0 Å². The second-order valence-corrected chi connectivity index (χ2v) is 9.47. The first-order chi connectivity index (χ1) is 15.9. The Morgan fingerprint density at radius 2 is 1.51 bits per heavy atom. The van der Waals surface area contributed by atoms with Gasteiger partial charge < -0.3 is 45.1 Å². The highest BCUT2D eigenvalue weighted by Crippen LogP contribution is 2.31.